The minimum atomic E-state index is 0.773. The van der Waals surface area contributed by atoms with Crippen LogP contribution in [0.3, 0.4) is 0 Å². The highest BCUT2D eigenvalue weighted by molar-refractivity contribution is 6.30. The Morgan fingerprint density at radius 3 is 2.12 bits per heavy atom. The lowest BCUT2D eigenvalue weighted by molar-refractivity contribution is 1.34. The highest BCUT2D eigenvalue weighted by atomic mass is 35.5. The minimum Gasteiger partial charge on any atom is -0.355 e. The zero-order chi connectivity index (χ0) is 12.4. The van der Waals surface area contributed by atoms with Crippen molar-refractivity contribution in [3.8, 4) is 0 Å². The van der Waals surface area contributed by atoms with Gasteiger partial charge in [-0.2, -0.15) is 0 Å². The smallest absolute Gasteiger partial charge is 0.0443 e. The van der Waals surface area contributed by atoms with E-state index in [1.165, 1.54) is 16.8 Å². The maximum atomic E-state index is 5.95. The maximum absolute atomic E-state index is 5.95. The van der Waals surface area contributed by atoms with Gasteiger partial charge in [-0.15, -0.1) is 0 Å². The van der Waals surface area contributed by atoms with Crippen LogP contribution >= 0.6 is 11.6 Å². The molecule has 0 heterocycles. The first kappa shape index (κ1) is 12.0. The summed E-state index contributed by atoms with van der Waals surface area (Å²) in [5.41, 5.74) is 5.93. The van der Waals surface area contributed by atoms with Gasteiger partial charge in [0.15, 0.2) is 0 Å². The molecule has 1 N–H and O–H groups in total. The Labute approximate surface area is 107 Å². The fraction of sp³-hybridized carbons (Fsp3) is 0.200. The van der Waals surface area contributed by atoms with Crippen LogP contribution in [0.25, 0.3) is 0 Å². The molecule has 2 rings (SSSR count). The highest BCUT2D eigenvalue weighted by Crippen LogP contribution is 2.27. The summed E-state index contributed by atoms with van der Waals surface area (Å²) < 4.78 is 0. The Bertz CT molecular complexity index is 526. The Kier molecular flexibility index (Phi) is 3.39. The average molecular weight is 246 g/mol. The van der Waals surface area contributed by atoms with Gasteiger partial charge in [0, 0.05) is 16.4 Å². The van der Waals surface area contributed by atoms with Gasteiger partial charge in [0.25, 0.3) is 0 Å². The molecule has 0 fully saturated rings. The van der Waals surface area contributed by atoms with Gasteiger partial charge in [0.1, 0.15) is 0 Å². The first-order chi connectivity index (χ1) is 8.08. The molecule has 0 unspecified atom stereocenters. The van der Waals surface area contributed by atoms with Crippen molar-refractivity contribution in [3.05, 3.63) is 58.1 Å². The normalized spacial score (nSPS) is 10.4. The first-order valence-corrected chi connectivity index (χ1v) is 6.05. The molecule has 2 aromatic carbocycles. The molecule has 0 bridgehead atoms. The number of anilines is 2. The van der Waals surface area contributed by atoms with Crippen LogP contribution in [0.4, 0.5) is 11.4 Å². The zero-order valence-corrected chi connectivity index (χ0v) is 11.1. The highest BCUT2D eigenvalue weighted by Gasteiger charge is 2.04. The van der Waals surface area contributed by atoms with Crippen molar-refractivity contribution >= 4 is 23.0 Å². The topological polar surface area (TPSA) is 12.0 Å². The summed E-state index contributed by atoms with van der Waals surface area (Å²) in [4.78, 5) is 0. The number of aryl methyl sites for hydroxylation is 3. The molecule has 88 valence electrons. The third-order valence-electron chi connectivity index (χ3n) is 2.93. The third kappa shape index (κ3) is 2.62. The van der Waals surface area contributed by atoms with Crippen LogP contribution < -0.4 is 5.32 Å². The zero-order valence-electron chi connectivity index (χ0n) is 10.3. The van der Waals surface area contributed by atoms with E-state index in [1.54, 1.807) is 0 Å². The lowest BCUT2D eigenvalue weighted by atomic mass is 10.1. The van der Waals surface area contributed by atoms with Crippen molar-refractivity contribution < 1.29 is 0 Å². The molecule has 0 spiro atoms. The number of para-hydroxylation sites is 1. The van der Waals surface area contributed by atoms with Crippen LogP contribution in [-0.2, 0) is 0 Å². The summed E-state index contributed by atoms with van der Waals surface area (Å²) in [6.45, 7) is 6.28. The molecule has 0 radical (unpaired) electrons. The van der Waals surface area contributed by atoms with Crippen LogP contribution in [0.15, 0.2) is 36.4 Å². The molecule has 0 aliphatic carbocycles. The minimum absolute atomic E-state index is 0.773. The second kappa shape index (κ2) is 4.80. The monoisotopic (exact) mass is 245 g/mol. The van der Waals surface area contributed by atoms with Gasteiger partial charge in [-0.05, 0) is 55.7 Å². The van der Waals surface area contributed by atoms with E-state index < -0.39 is 0 Å². The van der Waals surface area contributed by atoms with E-state index in [4.69, 9.17) is 11.6 Å². The Balaban J connectivity index is 2.38. The van der Waals surface area contributed by atoms with Crippen LogP contribution in [0.1, 0.15) is 16.7 Å². The van der Waals surface area contributed by atoms with Crippen LogP contribution in [0.2, 0.25) is 5.02 Å². The van der Waals surface area contributed by atoms with Crippen molar-refractivity contribution in [1.82, 2.24) is 0 Å². The average Bonchev–Trinajstić information content (AvgIpc) is 2.26. The fourth-order valence-corrected chi connectivity index (χ4v) is 2.14. The summed E-state index contributed by atoms with van der Waals surface area (Å²) in [5.74, 6) is 0. The summed E-state index contributed by atoms with van der Waals surface area (Å²) in [6.07, 6.45) is 0. The molecule has 2 heteroatoms. The van der Waals surface area contributed by atoms with Gasteiger partial charge in [0.05, 0.1) is 0 Å². The van der Waals surface area contributed by atoms with E-state index >= 15 is 0 Å². The predicted octanol–water partition coefficient (Wildman–Crippen LogP) is 5.01. The number of benzene rings is 2. The molecule has 2 aromatic rings. The predicted molar refractivity (Wildman–Crippen MR) is 75.4 cm³/mol. The van der Waals surface area contributed by atoms with Gasteiger partial charge in [-0.3, -0.25) is 0 Å². The van der Waals surface area contributed by atoms with Crippen molar-refractivity contribution in [1.29, 1.82) is 0 Å². The van der Waals surface area contributed by atoms with Crippen molar-refractivity contribution in [2.75, 3.05) is 5.32 Å². The molecule has 0 atom stereocenters. The van der Waals surface area contributed by atoms with Crippen molar-refractivity contribution in [3.63, 3.8) is 0 Å². The van der Waals surface area contributed by atoms with Gasteiger partial charge < -0.3 is 5.32 Å². The van der Waals surface area contributed by atoms with Crippen molar-refractivity contribution in [2.24, 2.45) is 0 Å². The van der Waals surface area contributed by atoms with Gasteiger partial charge >= 0.3 is 0 Å². The molecule has 17 heavy (non-hydrogen) atoms. The van der Waals surface area contributed by atoms with E-state index in [1.807, 2.05) is 18.2 Å². The summed E-state index contributed by atoms with van der Waals surface area (Å²) >= 11 is 5.95. The first-order valence-electron chi connectivity index (χ1n) is 5.67. The van der Waals surface area contributed by atoms with Gasteiger partial charge in [-0.1, -0.05) is 29.8 Å². The van der Waals surface area contributed by atoms with Crippen molar-refractivity contribution in [2.45, 2.75) is 20.8 Å². The summed E-state index contributed by atoms with van der Waals surface area (Å²) in [5, 5.41) is 4.25. The fourth-order valence-electron chi connectivity index (χ4n) is 1.91. The van der Waals surface area contributed by atoms with E-state index in [9.17, 15) is 0 Å². The molecular weight excluding hydrogens is 230 g/mol. The van der Waals surface area contributed by atoms with E-state index in [0.717, 1.165) is 16.3 Å². The quantitative estimate of drug-likeness (QED) is 0.784. The number of hydrogen-bond acceptors (Lipinski definition) is 1. The lowest BCUT2D eigenvalue weighted by Crippen LogP contribution is -1.97. The molecule has 0 amide bonds. The lowest BCUT2D eigenvalue weighted by Gasteiger charge is -2.14. The van der Waals surface area contributed by atoms with Crippen LogP contribution in [0.5, 0.6) is 0 Å². The number of hydrogen-bond donors (Lipinski definition) is 1. The summed E-state index contributed by atoms with van der Waals surface area (Å²) in [6, 6.07) is 12.2. The summed E-state index contributed by atoms with van der Waals surface area (Å²) in [7, 11) is 0. The number of halogens is 1. The molecule has 0 saturated carbocycles. The molecule has 0 aliphatic heterocycles. The van der Waals surface area contributed by atoms with E-state index in [-0.39, 0.29) is 0 Å². The SMILES string of the molecule is Cc1cc(Cl)ccc1Nc1c(C)cccc1C. The second-order valence-electron chi connectivity index (χ2n) is 4.35. The Hall–Kier alpha value is -1.47. The van der Waals surface area contributed by atoms with Crippen LogP contribution in [-0.4, -0.2) is 0 Å². The van der Waals surface area contributed by atoms with E-state index in [0.29, 0.717) is 0 Å². The number of nitrogens with one attached hydrogen (secondary N) is 1. The third-order valence-corrected chi connectivity index (χ3v) is 3.16. The molecule has 0 aliphatic rings. The second-order valence-corrected chi connectivity index (χ2v) is 4.79. The standard InChI is InChI=1S/C15H16ClN/c1-10-5-4-6-11(2)15(10)17-14-8-7-13(16)9-12(14)3/h4-9,17H,1-3H3. The number of rotatable bonds is 2. The van der Waals surface area contributed by atoms with E-state index in [2.05, 4.69) is 44.3 Å². The van der Waals surface area contributed by atoms with Gasteiger partial charge in [0.2, 0.25) is 0 Å². The largest absolute Gasteiger partial charge is 0.355 e. The molecule has 1 nitrogen and oxygen atoms in total. The molecule has 0 saturated heterocycles. The molecular formula is C15H16ClN. The maximum Gasteiger partial charge on any atom is 0.0443 e. The molecule has 0 aromatic heterocycles. The van der Waals surface area contributed by atoms with Crippen LogP contribution in [0, 0.1) is 20.8 Å². The Morgan fingerprint density at radius 2 is 1.53 bits per heavy atom. The Morgan fingerprint density at radius 1 is 0.882 bits per heavy atom. The van der Waals surface area contributed by atoms with Gasteiger partial charge in [-0.25, -0.2) is 0 Å².